The Morgan fingerprint density at radius 2 is 2.04 bits per heavy atom. The summed E-state index contributed by atoms with van der Waals surface area (Å²) in [5, 5.41) is 6.30. The maximum atomic E-state index is 12.1. The van der Waals surface area contributed by atoms with Gasteiger partial charge in [-0.2, -0.15) is 5.10 Å². The first-order chi connectivity index (χ1) is 11.7. The van der Waals surface area contributed by atoms with Crippen molar-refractivity contribution in [3.05, 3.63) is 50.7 Å². The summed E-state index contributed by atoms with van der Waals surface area (Å²) in [5.41, 5.74) is 4.47. The lowest BCUT2D eigenvalue weighted by molar-refractivity contribution is -0.119. The molecule has 0 aliphatic heterocycles. The maximum absolute atomic E-state index is 12.1. The molecule has 0 saturated carbocycles. The Morgan fingerprint density at radius 3 is 2.60 bits per heavy atom. The SMILES string of the molecule is Cc1cc(Cl)ccc1N(CC(=O)N/N=C\c1sccc1C)S(C)(=O)=O. The van der Waals surface area contributed by atoms with Crippen LogP contribution in [0.5, 0.6) is 0 Å². The van der Waals surface area contributed by atoms with Crippen LogP contribution in [0.4, 0.5) is 5.69 Å². The van der Waals surface area contributed by atoms with Crippen molar-refractivity contribution in [1.29, 1.82) is 0 Å². The minimum atomic E-state index is -3.64. The van der Waals surface area contributed by atoms with Crippen LogP contribution in [-0.2, 0) is 14.8 Å². The molecule has 6 nitrogen and oxygen atoms in total. The Labute approximate surface area is 156 Å². The van der Waals surface area contributed by atoms with E-state index in [1.165, 1.54) is 17.6 Å². The van der Waals surface area contributed by atoms with Gasteiger partial charge in [0.25, 0.3) is 5.91 Å². The molecule has 134 valence electrons. The normalized spacial score (nSPS) is 11.7. The number of thiophene rings is 1. The number of halogens is 1. The number of benzene rings is 1. The molecule has 0 saturated heterocycles. The summed E-state index contributed by atoms with van der Waals surface area (Å²) in [7, 11) is -3.64. The number of rotatable bonds is 6. The number of aryl methyl sites for hydroxylation is 2. The minimum Gasteiger partial charge on any atom is -0.271 e. The number of amides is 1. The van der Waals surface area contributed by atoms with Gasteiger partial charge in [-0.25, -0.2) is 13.8 Å². The topological polar surface area (TPSA) is 78.8 Å². The standard InChI is InChI=1S/C16H18ClN3O3S2/c1-11-6-7-24-15(11)9-18-19-16(21)10-20(25(3,22)23)14-5-4-13(17)8-12(14)2/h4-9H,10H2,1-3H3,(H,19,21)/b18-9-. The molecule has 1 aromatic heterocycles. The third-order valence-corrected chi connectivity index (χ3v) is 5.70. The molecule has 0 spiro atoms. The van der Waals surface area contributed by atoms with Crippen LogP contribution in [-0.4, -0.2) is 33.3 Å². The maximum Gasteiger partial charge on any atom is 0.260 e. The summed E-state index contributed by atoms with van der Waals surface area (Å²) in [6, 6.07) is 6.75. The fraction of sp³-hybridized carbons (Fsp3) is 0.250. The van der Waals surface area contributed by atoms with Crippen LogP contribution in [0.15, 0.2) is 34.7 Å². The molecule has 1 amide bonds. The molecule has 1 aromatic carbocycles. The van der Waals surface area contributed by atoms with E-state index in [2.05, 4.69) is 10.5 Å². The van der Waals surface area contributed by atoms with E-state index in [0.29, 0.717) is 16.3 Å². The van der Waals surface area contributed by atoms with Crippen molar-refractivity contribution >= 4 is 50.8 Å². The number of hydrazone groups is 1. The van der Waals surface area contributed by atoms with Crippen LogP contribution in [0.2, 0.25) is 5.02 Å². The van der Waals surface area contributed by atoms with Gasteiger partial charge < -0.3 is 0 Å². The van der Waals surface area contributed by atoms with Crippen molar-refractivity contribution in [2.75, 3.05) is 17.1 Å². The largest absolute Gasteiger partial charge is 0.271 e. The van der Waals surface area contributed by atoms with Crippen LogP contribution in [0, 0.1) is 13.8 Å². The van der Waals surface area contributed by atoms with Gasteiger partial charge in [-0.05, 0) is 54.6 Å². The van der Waals surface area contributed by atoms with E-state index in [1.54, 1.807) is 25.1 Å². The Balaban J connectivity index is 2.13. The predicted molar refractivity (Wildman–Crippen MR) is 103 cm³/mol. The van der Waals surface area contributed by atoms with Crippen molar-refractivity contribution in [3.8, 4) is 0 Å². The molecule has 0 aliphatic carbocycles. The summed E-state index contributed by atoms with van der Waals surface area (Å²) in [5.74, 6) is -0.537. The lowest BCUT2D eigenvalue weighted by Crippen LogP contribution is -2.39. The van der Waals surface area contributed by atoms with Crippen LogP contribution in [0.3, 0.4) is 0 Å². The molecule has 9 heteroatoms. The lowest BCUT2D eigenvalue weighted by atomic mass is 10.2. The van der Waals surface area contributed by atoms with Gasteiger partial charge in [0.05, 0.1) is 18.2 Å². The zero-order chi connectivity index (χ0) is 18.6. The van der Waals surface area contributed by atoms with E-state index in [-0.39, 0.29) is 6.54 Å². The van der Waals surface area contributed by atoms with Crippen molar-refractivity contribution in [1.82, 2.24) is 5.43 Å². The van der Waals surface area contributed by atoms with Crippen LogP contribution in [0.25, 0.3) is 0 Å². The zero-order valence-corrected chi connectivity index (χ0v) is 16.4. The second-order valence-electron chi connectivity index (χ2n) is 5.46. The molecule has 25 heavy (non-hydrogen) atoms. The number of nitrogens with zero attached hydrogens (tertiary/aromatic N) is 2. The molecule has 0 bridgehead atoms. The van der Waals surface area contributed by atoms with E-state index in [4.69, 9.17) is 11.6 Å². The fourth-order valence-electron chi connectivity index (χ4n) is 2.13. The monoisotopic (exact) mass is 399 g/mol. The molecule has 0 fully saturated rings. The van der Waals surface area contributed by atoms with Crippen molar-refractivity contribution in [2.45, 2.75) is 13.8 Å². The van der Waals surface area contributed by atoms with E-state index in [9.17, 15) is 13.2 Å². The zero-order valence-electron chi connectivity index (χ0n) is 14.0. The number of carbonyl (C=O) groups excluding carboxylic acids is 1. The van der Waals surface area contributed by atoms with Crippen LogP contribution in [0.1, 0.15) is 16.0 Å². The Kier molecular flexibility index (Phi) is 6.21. The van der Waals surface area contributed by atoms with Gasteiger partial charge in [0.15, 0.2) is 0 Å². The molecule has 1 heterocycles. The van der Waals surface area contributed by atoms with Crippen molar-refractivity contribution in [3.63, 3.8) is 0 Å². The smallest absolute Gasteiger partial charge is 0.260 e. The van der Waals surface area contributed by atoms with E-state index < -0.39 is 15.9 Å². The molecular weight excluding hydrogens is 382 g/mol. The molecular formula is C16H18ClN3O3S2. The Morgan fingerprint density at radius 1 is 1.32 bits per heavy atom. The lowest BCUT2D eigenvalue weighted by Gasteiger charge is -2.23. The quantitative estimate of drug-likeness (QED) is 0.599. The van der Waals surface area contributed by atoms with Crippen LogP contribution >= 0.6 is 22.9 Å². The molecule has 2 rings (SSSR count). The first-order valence-electron chi connectivity index (χ1n) is 7.28. The van der Waals surface area contributed by atoms with E-state index >= 15 is 0 Å². The van der Waals surface area contributed by atoms with Crippen LogP contribution < -0.4 is 9.73 Å². The first kappa shape index (κ1) is 19.4. The summed E-state index contributed by atoms with van der Waals surface area (Å²) >= 11 is 7.41. The molecule has 1 N–H and O–H groups in total. The number of anilines is 1. The highest BCUT2D eigenvalue weighted by atomic mass is 35.5. The highest BCUT2D eigenvalue weighted by Gasteiger charge is 2.22. The third-order valence-electron chi connectivity index (χ3n) is 3.39. The van der Waals surface area contributed by atoms with E-state index in [0.717, 1.165) is 21.0 Å². The molecule has 0 unspecified atom stereocenters. The number of nitrogens with one attached hydrogen (secondary N) is 1. The van der Waals surface area contributed by atoms with Gasteiger partial charge in [-0.1, -0.05) is 11.6 Å². The summed E-state index contributed by atoms with van der Waals surface area (Å²) in [6.45, 7) is 3.30. The number of carbonyl (C=O) groups is 1. The van der Waals surface area contributed by atoms with Crippen molar-refractivity contribution < 1.29 is 13.2 Å². The second-order valence-corrected chi connectivity index (χ2v) is 8.75. The third kappa shape index (κ3) is 5.29. The van der Waals surface area contributed by atoms with Gasteiger partial charge >= 0.3 is 0 Å². The number of hydrogen-bond acceptors (Lipinski definition) is 5. The Hall–Kier alpha value is -1.90. The summed E-state index contributed by atoms with van der Waals surface area (Å²) < 4.78 is 25.2. The summed E-state index contributed by atoms with van der Waals surface area (Å²) in [4.78, 5) is 13.0. The molecule has 0 aliphatic rings. The second kappa shape index (κ2) is 7.99. The van der Waals surface area contributed by atoms with Gasteiger partial charge in [0.1, 0.15) is 6.54 Å². The highest BCUT2D eigenvalue weighted by Crippen LogP contribution is 2.25. The molecule has 0 radical (unpaired) electrons. The fourth-order valence-corrected chi connectivity index (χ4v) is 4.05. The average Bonchev–Trinajstić information content (AvgIpc) is 2.90. The Bertz CT molecular complexity index is 907. The molecule has 2 aromatic rings. The average molecular weight is 400 g/mol. The van der Waals surface area contributed by atoms with Gasteiger partial charge in [0, 0.05) is 9.90 Å². The van der Waals surface area contributed by atoms with Crippen molar-refractivity contribution in [2.24, 2.45) is 5.10 Å². The van der Waals surface area contributed by atoms with Gasteiger partial charge in [-0.15, -0.1) is 11.3 Å². The first-order valence-corrected chi connectivity index (χ1v) is 10.4. The molecule has 0 atom stereocenters. The minimum absolute atomic E-state index is 0.373. The van der Waals surface area contributed by atoms with Gasteiger partial charge in [-0.3, -0.25) is 9.10 Å². The number of sulfonamides is 1. The predicted octanol–water partition coefficient (Wildman–Crippen LogP) is 2.93. The van der Waals surface area contributed by atoms with E-state index in [1.807, 2.05) is 18.4 Å². The number of hydrogen-bond donors (Lipinski definition) is 1. The highest BCUT2D eigenvalue weighted by molar-refractivity contribution is 7.92. The summed E-state index contributed by atoms with van der Waals surface area (Å²) in [6.07, 6.45) is 2.59. The van der Waals surface area contributed by atoms with Gasteiger partial charge in [0.2, 0.25) is 10.0 Å².